The van der Waals surface area contributed by atoms with Crippen molar-refractivity contribution in [3.63, 3.8) is 0 Å². The Morgan fingerprint density at radius 3 is 2.59 bits per heavy atom. The maximum Gasteiger partial charge on any atom is 0.225 e. The molecule has 1 amide bonds. The number of carbonyl (C=O) groups is 1. The highest BCUT2D eigenvalue weighted by molar-refractivity contribution is 7.99. The van der Waals surface area contributed by atoms with Crippen LogP contribution in [0.1, 0.15) is 12.8 Å². The molecule has 1 aliphatic heterocycles. The molecule has 1 heterocycles. The molecule has 0 spiro atoms. The second-order valence-electron chi connectivity index (χ2n) is 5.24. The van der Waals surface area contributed by atoms with E-state index < -0.39 is 0 Å². The first-order valence-electron chi connectivity index (χ1n) is 7.56. The van der Waals surface area contributed by atoms with Crippen molar-refractivity contribution in [3.05, 3.63) is 29.3 Å². The predicted octanol–water partition coefficient (Wildman–Crippen LogP) is 2.68. The minimum absolute atomic E-state index is 0.000567. The van der Waals surface area contributed by atoms with Gasteiger partial charge in [-0.15, -0.1) is 11.8 Å². The number of hydrogen-bond acceptors (Lipinski definition) is 4. The van der Waals surface area contributed by atoms with Gasteiger partial charge in [-0.3, -0.25) is 4.79 Å². The monoisotopic (exact) mass is 343 g/mol. The van der Waals surface area contributed by atoms with Crippen LogP contribution in [0.15, 0.2) is 29.2 Å². The van der Waals surface area contributed by atoms with Crippen molar-refractivity contribution in [3.8, 4) is 0 Å². The summed E-state index contributed by atoms with van der Waals surface area (Å²) in [6.07, 6.45) is 1.57. The molecule has 0 aliphatic carbocycles. The zero-order chi connectivity index (χ0) is 15.8. The second kappa shape index (κ2) is 9.40. The molecule has 1 aromatic carbocycles. The summed E-state index contributed by atoms with van der Waals surface area (Å²) in [5.74, 6) is 0.992. The van der Waals surface area contributed by atoms with Crippen LogP contribution >= 0.6 is 23.4 Å². The van der Waals surface area contributed by atoms with Crippen molar-refractivity contribution in [2.24, 2.45) is 5.92 Å². The topological polar surface area (TPSA) is 49.8 Å². The van der Waals surface area contributed by atoms with E-state index in [-0.39, 0.29) is 18.4 Å². The molecule has 1 aromatic rings. The van der Waals surface area contributed by atoms with E-state index in [1.165, 1.54) is 0 Å². The van der Waals surface area contributed by atoms with Gasteiger partial charge in [0.2, 0.25) is 5.91 Å². The fourth-order valence-electron chi connectivity index (χ4n) is 2.46. The first-order valence-corrected chi connectivity index (χ1v) is 8.93. The fourth-order valence-corrected chi connectivity index (χ4v) is 3.46. The van der Waals surface area contributed by atoms with Crippen molar-refractivity contribution in [2.45, 2.75) is 17.7 Å². The summed E-state index contributed by atoms with van der Waals surface area (Å²) in [4.78, 5) is 15.4. The molecule has 0 radical (unpaired) electrons. The molecule has 1 saturated heterocycles. The van der Waals surface area contributed by atoms with Gasteiger partial charge in [0.15, 0.2) is 0 Å². The van der Waals surface area contributed by atoms with Gasteiger partial charge in [0, 0.05) is 47.9 Å². The summed E-state index contributed by atoms with van der Waals surface area (Å²) in [5.41, 5.74) is 0. The molecule has 4 nitrogen and oxygen atoms in total. The standard InChI is InChI=1S/C16H22ClNO3S/c17-14-1-3-15(4-2-14)22-12-8-18(7-9-19)16(20)13-5-10-21-11-6-13/h1-4,13,19H,5-12H2. The number of benzene rings is 1. The van der Waals surface area contributed by atoms with Crippen LogP contribution < -0.4 is 0 Å². The zero-order valence-electron chi connectivity index (χ0n) is 12.5. The van der Waals surface area contributed by atoms with E-state index in [0.717, 1.165) is 28.5 Å². The second-order valence-corrected chi connectivity index (χ2v) is 6.84. The molecule has 1 fully saturated rings. The lowest BCUT2D eigenvalue weighted by Gasteiger charge is -2.29. The number of nitrogens with zero attached hydrogens (tertiary/aromatic N) is 1. The highest BCUT2D eigenvalue weighted by atomic mass is 35.5. The zero-order valence-corrected chi connectivity index (χ0v) is 14.1. The van der Waals surface area contributed by atoms with Gasteiger partial charge in [-0.2, -0.15) is 0 Å². The van der Waals surface area contributed by atoms with Gasteiger partial charge >= 0.3 is 0 Å². The van der Waals surface area contributed by atoms with E-state index in [1.807, 2.05) is 24.3 Å². The number of rotatable bonds is 7. The molecule has 2 rings (SSSR count). The Labute approximate surface area is 140 Å². The molecule has 0 aromatic heterocycles. The lowest BCUT2D eigenvalue weighted by atomic mass is 9.98. The van der Waals surface area contributed by atoms with Crippen LogP contribution in [-0.2, 0) is 9.53 Å². The summed E-state index contributed by atoms with van der Waals surface area (Å²) < 4.78 is 5.30. The van der Waals surface area contributed by atoms with Gasteiger partial charge in [0.05, 0.1) is 6.61 Å². The van der Waals surface area contributed by atoms with Gasteiger partial charge in [0.1, 0.15) is 0 Å². The van der Waals surface area contributed by atoms with E-state index in [2.05, 4.69) is 0 Å². The molecule has 0 atom stereocenters. The number of carbonyl (C=O) groups excluding carboxylic acids is 1. The highest BCUT2D eigenvalue weighted by Crippen LogP contribution is 2.22. The molecule has 6 heteroatoms. The van der Waals surface area contributed by atoms with Crippen LogP contribution in [0.5, 0.6) is 0 Å². The van der Waals surface area contributed by atoms with Gasteiger partial charge in [-0.1, -0.05) is 11.6 Å². The maximum atomic E-state index is 12.5. The van der Waals surface area contributed by atoms with Crippen molar-refractivity contribution < 1.29 is 14.6 Å². The Balaban J connectivity index is 1.82. The normalized spacial score (nSPS) is 15.7. The van der Waals surface area contributed by atoms with E-state index in [4.69, 9.17) is 16.3 Å². The van der Waals surface area contributed by atoms with Crippen LogP contribution in [-0.4, -0.2) is 54.6 Å². The number of halogens is 1. The molecule has 22 heavy (non-hydrogen) atoms. The van der Waals surface area contributed by atoms with Crippen LogP contribution in [0.25, 0.3) is 0 Å². The molecular formula is C16H22ClNO3S. The summed E-state index contributed by atoms with van der Waals surface area (Å²) >= 11 is 7.55. The van der Waals surface area contributed by atoms with Crippen molar-refractivity contribution in [1.29, 1.82) is 0 Å². The van der Waals surface area contributed by atoms with E-state index in [0.29, 0.717) is 26.3 Å². The van der Waals surface area contributed by atoms with Crippen molar-refractivity contribution in [1.82, 2.24) is 4.90 Å². The molecule has 0 unspecified atom stereocenters. The summed E-state index contributed by atoms with van der Waals surface area (Å²) in [6, 6.07) is 7.68. The van der Waals surface area contributed by atoms with Crippen LogP contribution in [0.3, 0.4) is 0 Å². The Morgan fingerprint density at radius 1 is 1.27 bits per heavy atom. The number of thioether (sulfide) groups is 1. The lowest BCUT2D eigenvalue weighted by molar-refractivity contribution is -0.138. The number of hydrogen-bond donors (Lipinski definition) is 1. The minimum Gasteiger partial charge on any atom is -0.395 e. The van der Waals surface area contributed by atoms with E-state index in [9.17, 15) is 9.90 Å². The number of aliphatic hydroxyl groups is 1. The Morgan fingerprint density at radius 2 is 1.95 bits per heavy atom. The minimum atomic E-state index is 0.000567. The molecule has 0 saturated carbocycles. The van der Waals surface area contributed by atoms with Crippen LogP contribution in [0.4, 0.5) is 0 Å². The summed E-state index contributed by atoms with van der Waals surface area (Å²) in [5, 5.41) is 9.91. The van der Waals surface area contributed by atoms with E-state index in [1.54, 1.807) is 16.7 Å². The van der Waals surface area contributed by atoms with E-state index >= 15 is 0 Å². The number of amides is 1. The van der Waals surface area contributed by atoms with Crippen LogP contribution in [0, 0.1) is 5.92 Å². The Hall–Kier alpha value is -0.750. The average Bonchev–Trinajstić information content (AvgIpc) is 2.56. The molecule has 1 aliphatic rings. The van der Waals surface area contributed by atoms with Gasteiger partial charge < -0.3 is 14.7 Å². The van der Waals surface area contributed by atoms with Gasteiger partial charge in [0.25, 0.3) is 0 Å². The maximum absolute atomic E-state index is 12.5. The first-order chi connectivity index (χ1) is 10.7. The first kappa shape index (κ1) is 17.6. The van der Waals surface area contributed by atoms with Crippen molar-refractivity contribution >= 4 is 29.3 Å². The van der Waals surface area contributed by atoms with Gasteiger partial charge in [-0.05, 0) is 37.1 Å². The molecular weight excluding hydrogens is 322 g/mol. The Bertz CT molecular complexity index is 463. The molecule has 122 valence electrons. The molecule has 1 N–H and O–H groups in total. The number of aliphatic hydroxyl groups excluding tert-OH is 1. The Kier molecular flexibility index (Phi) is 7.52. The fraction of sp³-hybridized carbons (Fsp3) is 0.562. The third-order valence-corrected chi connectivity index (χ3v) is 4.94. The summed E-state index contributed by atoms with van der Waals surface area (Å²) in [7, 11) is 0. The lowest BCUT2D eigenvalue weighted by Crippen LogP contribution is -2.41. The third kappa shape index (κ3) is 5.47. The summed E-state index contributed by atoms with van der Waals surface area (Å²) in [6.45, 7) is 2.35. The SMILES string of the molecule is O=C(C1CCOCC1)N(CCO)CCSc1ccc(Cl)cc1. The quantitative estimate of drug-likeness (QED) is 0.773. The largest absolute Gasteiger partial charge is 0.395 e. The average molecular weight is 344 g/mol. The molecule has 0 bridgehead atoms. The van der Waals surface area contributed by atoms with Gasteiger partial charge in [-0.25, -0.2) is 0 Å². The number of ether oxygens (including phenoxy) is 1. The third-order valence-electron chi connectivity index (χ3n) is 3.70. The van der Waals surface area contributed by atoms with Crippen LogP contribution in [0.2, 0.25) is 5.02 Å². The smallest absolute Gasteiger partial charge is 0.225 e. The highest BCUT2D eigenvalue weighted by Gasteiger charge is 2.25. The van der Waals surface area contributed by atoms with Crippen molar-refractivity contribution in [2.75, 3.05) is 38.7 Å². The predicted molar refractivity (Wildman–Crippen MR) is 89.4 cm³/mol.